The van der Waals surface area contributed by atoms with Gasteiger partial charge < -0.3 is 15.2 Å². The second-order valence-corrected chi connectivity index (χ2v) is 4.36. The molecule has 0 radical (unpaired) electrons. The highest BCUT2D eigenvalue weighted by atomic mass is 16.5. The Kier molecular flexibility index (Phi) is 4.73. The summed E-state index contributed by atoms with van der Waals surface area (Å²) < 4.78 is 5.04. The van der Waals surface area contributed by atoms with Crippen molar-refractivity contribution in [2.75, 3.05) is 7.11 Å². The van der Waals surface area contributed by atoms with E-state index < -0.39 is 5.97 Å². The van der Waals surface area contributed by atoms with Crippen LogP contribution in [0.25, 0.3) is 0 Å². The number of rotatable bonds is 6. The Bertz CT molecular complexity index is 261. The Morgan fingerprint density at radius 3 is 2.62 bits per heavy atom. The lowest BCUT2D eigenvalue weighted by Crippen LogP contribution is -2.46. The first-order valence-corrected chi connectivity index (χ1v) is 5.58. The Balaban J connectivity index is 2.10. The van der Waals surface area contributed by atoms with Gasteiger partial charge in [0.1, 0.15) is 0 Å². The summed E-state index contributed by atoms with van der Waals surface area (Å²) in [7, 11) is 1.62. The summed E-state index contributed by atoms with van der Waals surface area (Å²) in [5.74, 6) is -1.06. The van der Waals surface area contributed by atoms with Gasteiger partial charge in [0.2, 0.25) is 5.91 Å². The number of amides is 1. The molecule has 1 amide bonds. The van der Waals surface area contributed by atoms with Crippen LogP contribution in [-0.4, -0.2) is 36.2 Å². The lowest BCUT2D eigenvalue weighted by atomic mass is 9.80. The van der Waals surface area contributed by atoms with Crippen LogP contribution < -0.4 is 5.32 Å². The van der Waals surface area contributed by atoms with Crippen molar-refractivity contribution in [2.45, 2.75) is 44.8 Å². The highest BCUT2D eigenvalue weighted by molar-refractivity contribution is 5.77. The molecular formula is C11H19NO4. The smallest absolute Gasteiger partial charge is 0.306 e. The summed E-state index contributed by atoms with van der Waals surface area (Å²) in [6, 6.07) is 0.0476. The van der Waals surface area contributed by atoms with Crippen LogP contribution in [0.3, 0.4) is 0 Å². The van der Waals surface area contributed by atoms with Gasteiger partial charge in [-0.05, 0) is 26.2 Å². The maximum Gasteiger partial charge on any atom is 0.306 e. The molecule has 1 aliphatic rings. The van der Waals surface area contributed by atoms with Crippen molar-refractivity contribution >= 4 is 11.9 Å². The first-order chi connectivity index (χ1) is 7.52. The second-order valence-electron chi connectivity index (χ2n) is 4.36. The van der Waals surface area contributed by atoms with Crippen molar-refractivity contribution in [2.24, 2.45) is 5.92 Å². The van der Waals surface area contributed by atoms with Crippen molar-refractivity contribution in [3.05, 3.63) is 0 Å². The summed E-state index contributed by atoms with van der Waals surface area (Å²) >= 11 is 0. The SMILES string of the molecule is COC(C)CCC(=O)NC1CC(C(=O)O)C1. The number of ether oxygens (including phenoxy) is 1. The van der Waals surface area contributed by atoms with Crippen LogP contribution in [-0.2, 0) is 14.3 Å². The third-order valence-electron chi connectivity index (χ3n) is 3.03. The van der Waals surface area contributed by atoms with Crippen LogP contribution in [0.15, 0.2) is 0 Å². The zero-order chi connectivity index (χ0) is 12.1. The van der Waals surface area contributed by atoms with Crippen LogP contribution in [0.5, 0.6) is 0 Å². The van der Waals surface area contributed by atoms with E-state index in [-0.39, 0.29) is 24.0 Å². The Morgan fingerprint density at radius 1 is 1.50 bits per heavy atom. The van der Waals surface area contributed by atoms with Crippen LogP contribution >= 0.6 is 0 Å². The van der Waals surface area contributed by atoms with Gasteiger partial charge in [-0.2, -0.15) is 0 Å². The average Bonchev–Trinajstić information content (AvgIpc) is 2.18. The van der Waals surface area contributed by atoms with E-state index in [1.807, 2.05) is 6.92 Å². The van der Waals surface area contributed by atoms with Gasteiger partial charge in [-0.3, -0.25) is 9.59 Å². The van der Waals surface area contributed by atoms with Crippen LogP contribution in [0.2, 0.25) is 0 Å². The molecule has 0 aromatic carbocycles. The van der Waals surface area contributed by atoms with Crippen LogP contribution in [0.1, 0.15) is 32.6 Å². The number of carbonyl (C=O) groups excluding carboxylic acids is 1. The van der Waals surface area contributed by atoms with E-state index >= 15 is 0 Å². The molecule has 1 aliphatic carbocycles. The van der Waals surface area contributed by atoms with E-state index in [0.29, 0.717) is 25.7 Å². The molecule has 5 nitrogen and oxygen atoms in total. The van der Waals surface area contributed by atoms with Gasteiger partial charge in [0.05, 0.1) is 12.0 Å². The molecule has 0 saturated heterocycles. The molecule has 1 rings (SSSR count). The predicted octanol–water partition coefficient (Wildman–Crippen LogP) is 0.781. The van der Waals surface area contributed by atoms with E-state index in [2.05, 4.69) is 5.32 Å². The number of carbonyl (C=O) groups is 2. The molecule has 92 valence electrons. The summed E-state index contributed by atoms with van der Waals surface area (Å²) in [4.78, 5) is 22.0. The summed E-state index contributed by atoms with van der Waals surface area (Å²) in [6.07, 6.45) is 2.32. The fourth-order valence-electron chi connectivity index (χ4n) is 1.69. The molecule has 0 bridgehead atoms. The van der Waals surface area contributed by atoms with E-state index in [4.69, 9.17) is 9.84 Å². The van der Waals surface area contributed by atoms with Gasteiger partial charge in [0, 0.05) is 19.6 Å². The topological polar surface area (TPSA) is 75.6 Å². The lowest BCUT2D eigenvalue weighted by Gasteiger charge is -2.32. The molecule has 16 heavy (non-hydrogen) atoms. The van der Waals surface area contributed by atoms with Crippen molar-refractivity contribution in [1.82, 2.24) is 5.32 Å². The lowest BCUT2D eigenvalue weighted by molar-refractivity contribution is -0.146. The van der Waals surface area contributed by atoms with Crippen LogP contribution in [0.4, 0.5) is 0 Å². The number of carboxylic acids is 1. The van der Waals surface area contributed by atoms with Crippen molar-refractivity contribution in [1.29, 1.82) is 0 Å². The molecule has 5 heteroatoms. The Hall–Kier alpha value is -1.10. The molecule has 0 aromatic rings. The third-order valence-corrected chi connectivity index (χ3v) is 3.03. The van der Waals surface area contributed by atoms with Gasteiger partial charge in [-0.25, -0.2) is 0 Å². The van der Waals surface area contributed by atoms with E-state index in [9.17, 15) is 9.59 Å². The fourth-order valence-corrected chi connectivity index (χ4v) is 1.69. The number of methoxy groups -OCH3 is 1. The zero-order valence-corrected chi connectivity index (χ0v) is 9.73. The van der Waals surface area contributed by atoms with Gasteiger partial charge >= 0.3 is 5.97 Å². The molecule has 2 N–H and O–H groups in total. The number of nitrogens with one attached hydrogen (secondary N) is 1. The van der Waals surface area contributed by atoms with Crippen molar-refractivity contribution in [3.63, 3.8) is 0 Å². The number of carboxylic acid groups (broad SMARTS) is 1. The van der Waals surface area contributed by atoms with Gasteiger partial charge in [-0.1, -0.05) is 0 Å². The molecule has 1 atom stereocenters. The second kappa shape index (κ2) is 5.84. The molecule has 1 unspecified atom stereocenters. The molecule has 0 spiro atoms. The molecule has 0 heterocycles. The highest BCUT2D eigenvalue weighted by Crippen LogP contribution is 2.27. The number of aliphatic carboxylic acids is 1. The van der Waals surface area contributed by atoms with E-state index in [1.54, 1.807) is 7.11 Å². The number of hydrogen-bond acceptors (Lipinski definition) is 3. The highest BCUT2D eigenvalue weighted by Gasteiger charge is 2.35. The average molecular weight is 229 g/mol. The minimum absolute atomic E-state index is 0.0160. The normalized spacial score (nSPS) is 25.6. The molecule has 0 aliphatic heterocycles. The Morgan fingerprint density at radius 2 is 2.12 bits per heavy atom. The molecule has 0 aromatic heterocycles. The van der Waals surface area contributed by atoms with Crippen LogP contribution in [0, 0.1) is 5.92 Å². The fraction of sp³-hybridized carbons (Fsp3) is 0.818. The maximum absolute atomic E-state index is 11.4. The first kappa shape index (κ1) is 13.0. The van der Waals surface area contributed by atoms with E-state index in [1.165, 1.54) is 0 Å². The van der Waals surface area contributed by atoms with Crippen molar-refractivity contribution in [3.8, 4) is 0 Å². The molecule has 1 saturated carbocycles. The zero-order valence-electron chi connectivity index (χ0n) is 9.73. The maximum atomic E-state index is 11.4. The summed E-state index contributed by atoms with van der Waals surface area (Å²) in [5, 5.41) is 11.5. The first-order valence-electron chi connectivity index (χ1n) is 5.58. The largest absolute Gasteiger partial charge is 0.481 e. The van der Waals surface area contributed by atoms with Gasteiger partial charge in [0.15, 0.2) is 0 Å². The predicted molar refractivity (Wildman–Crippen MR) is 58.0 cm³/mol. The summed E-state index contributed by atoms with van der Waals surface area (Å²) in [5.41, 5.74) is 0. The minimum atomic E-state index is -0.765. The monoisotopic (exact) mass is 229 g/mol. The Labute approximate surface area is 95.2 Å². The third kappa shape index (κ3) is 3.81. The van der Waals surface area contributed by atoms with Gasteiger partial charge in [0.25, 0.3) is 0 Å². The minimum Gasteiger partial charge on any atom is -0.481 e. The molecular weight excluding hydrogens is 210 g/mol. The quantitative estimate of drug-likeness (QED) is 0.705. The molecule has 1 fully saturated rings. The number of hydrogen-bond donors (Lipinski definition) is 2. The standard InChI is InChI=1S/C11H19NO4/c1-7(16-2)3-4-10(13)12-9-5-8(6-9)11(14)15/h7-9H,3-6H2,1-2H3,(H,12,13)(H,14,15). The van der Waals surface area contributed by atoms with Gasteiger partial charge in [-0.15, -0.1) is 0 Å². The summed E-state index contributed by atoms with van der Waals surface area (Å²) in [6.45, 7) is 1.91. The van der Waals surface area contributed by atoms with E-state index in [0.717, 1.165) is 0 Å². The van der Waals surface area contributed by atoms with Crippen molar-refractivity contribution < 1.29 is 19.4 Å².